The Labute approximate surface area is 83.9 Å². The Hall–Kier alpha value is -0.0400. The van der Waals surface area contributed by atoms with Gasteiger partial charge < -0.3 is 4.74 Å². The highest BCUT2D eigenvalue weighted by Crippen LogP contribution is 2.12. The first-order chi connectivity index (χ1) is 6.35. The van der Waals surface area contributed by atoms with Crippen molar-refractivity contribution in [1.82, 2.24) is 0 Å². The van der Waals surface area contributed by atoms with Crippen LogP contribution in [-0.4, -0.2) is 13.2 Å². The number of unbranched alkanes of at least 4 members (excludes halogenated alkanes) is 2. The van der Waals surface area contributed by atoms with Crippen LogP contribution >= 0.6 is 0 Å². The predicted octanol–water partition coefficient (Wildman–Crippen LogP) is 3.83. The first kappa shape index (κ1) is 13.0. The second-order valence-corrected chi connectivity index (χ2v) is 3.64. The molecule has 0 saturated carbocycles. The molecule has 0 aromatic rings. The minimum Gasteiger partial charge on any atom is -0.381 e. The molecule has 13 heavy (non-hydrogen) atoms. The van der Waals surface area contributed by atoms with Gasteiger partial charge in [-0.2, -0.15) is 0 Å². The predicted molar refractivity (Wildman–Crippen MR) is 58.7 cm³/mol. The summed E-state index contributed by atoms with van der Waals surface area (Å²) in [5.41, 5.74) is 0. The Morgan fingerprint density at radius 2 is 1.77 bits per heavy atom. The van der Waals surface area contributed by atoms with Gasteiger partial charge in [0.25, 0.3) is 0 Å². The van der Waals surface area contributed by atoms with Gasteiger partial charge >= 0.3 is 0 Å². The topological polar surface area (TPSA) is 9.23 Å². The van der Waals surface area contributed by atoms with E-state index in [0.29, 0.717) is 0 Å². The molecular formula is C12H25O. The largest absolute Gasteiger partial charge is 0.381 e. The summed E-state index contributed by atoms with van der Waals surface area (Å²) in [6, 6.07) is 0. The molecule has 0 aromatic heterocycles. The molecule has 0 atom stereocenters. The fourth-order valence-electron chi connectivity index (χ4n) is 1.43. The van der Waals surface area contributed by atoms with Crippen molar-refractivity contribution in [2.45, 2.75) is 52.4 Å². The van der Waals surface area contributed by atoms with Gasteiger partial charge in [0, 0.05) is 13.2 Å². The molecule has 0 heterocycles. The van der Waals surface area contributed by atoms with Crippen LogP contribution in [0.4, 0.5) is 0 Å². The van der Waals surface area contributed by atoms with Crippen molar-refractivity contribution in [3.05, 3.63) is 6.92 Å². The van der Waals surface area contributed by atoms with Gasteiger partial charge in [-0.05, 0) is 18.8 Å². The second-order valence-electron chi connectivity index (χ2n) is 3.64. The highest BCUT2D eigenvalue weighted by molar-refractivity contribution is 4.53. The fraction of sp³-hybridized carbons (Fsp3) is 0.917. The Morgan fingerprint density at radius 1 is 1.08 bits per heavy atom. The van der Waals surface area contributed by atoms with Crippen LogP contribution in [0.3, 0.4) is 0 Å². The van der Waals surface area contributed by atoms with Crippen molar-refractivity contribution >= 4 is 0 Å². The van der Waals surface area contributed by atoms with Crippen molar-refractivity contribution in [3.63, 3.8) is 0 Å². The number of ether oxygens (including phenoxy) is 1. The molecule has 0 aromatic carbocycles. The van der Waals surface area contributed by atoms with E-state index in [1.165, 1.54) is 32.1 Å². The monoisotopic (exact) mass is 185 g/mol. The van der Waals surface area contributed by atoms with E-state index in [2.05, 4.69) is 20.8 Å². The van der Waals surface area contributed by atoms with E-state index >= 15 is 0 Å². The average Bonchev–Trinajstić information content (AvgIpc) is 2.17. The highest BCUT2D eigenvalue weighted by atomic mass is 16.5. The zero-order valence-corrected chi connectivity index (χ0v) is 9.35. The summed E-state index contributed by atoms with van der Waals surface area (Å²) in [7, 11) is 0. The maximum atomic E-state index is 5.54. The highest BCUT2D eigenvalue weighted by Gasteiger charge is 2.01. The molecule has 0 N–H and O–H groups in total. The second kappa shape index (κ2) is 10.0. The lowest BCUT2D eigenvalue weighted by atomic mass is 10.0. The van der Waals surface area contributed by atoms with E-state index < -0.39 is 0 Å². The Bertz CT molecular complexity index is 87.1. The number of hydrogen-bond acceptors (Lipinski definition) is 1. The Morgan fingerprint density at radius 3 is 2.31 bits per heavy atom. The van der Waals surface area contributed by atoms with Crippen LogP contribution in [0.2, 0.25) is 0 Å². The Balaban J connectivity index is 3.05. The van der Waals surface area contributed by atoms with Gasteiger partial charge in [-0.25, -0.2) is 0 Å². The molecule has 0 aliphatic carbocycles. The van der Waals surface area contributed by atoms with Crippen LogP contribution in [-0.2, 0) is 4.74 Å². The van der Waals surface area contributed by atoms with Gasteiger partial charge in [0.1, 0.15) is 0 Å². The van der Waals surface area contributed by atoms with Crippen LogP contribution in [0.15, 0.2) is 0 Å². The quantitative estimate of drug-likeness (QED) is 0.496. The van der Waals surface area contributed by atoms with Gasteiger partial charge in [-0.15, -0.1) is 0 Å². The minimum atomic E-state index is 0.868. The molecule has 0 saturated heterocycles. The molecular weight excluding hydrogens is 160 g/mol. The summed E-state index contributed by atoms with van der Waals surface area (Å²) in [5.74, 6) is 0.868. The van der Waals surface area contributed by atoms with Gasteiger partial charge in [0.15, 0.2) is 0 Å². The molecule has 1 nitrogen and oxygen atoms in total. The van der Waals surface area contributed by atoms with Crippen molar-refractivity contribution in [3.8, 4) is 0 Å². The zero-order valence-electron chi connectivity index (χ0n) is 9.35. The summed E-state index contributed by atoms with van der Waals surface area (Å²) in [6.45, 7) is 10.2. The molecule has 1 radical (unpaired) electrons. The minimum absolute atomic E-state index is 0.868. The van der Waals surface area contributed by atoms with E-state index in [9.17, 15) is 0 Å². The van der Waals surface area contributed by atoms with E-state index in [1.54, 1.807) is 0 Å². The van der Waals surface area contributed by atoms with Gasteiger partial charge in [0.2, 0.25) is 0 Å². The first-order valence-corrected chi connectivity index (χ1v) is 5.72. The van der Waals surface area contributed by atoms with E-state index in [1.807, 2.05) is 0 Å². The lowest BCUT2D eigenvalue weighted by Crippen LogP contribution is -2.04. The van der Waals surface area contributed by atoms with Crippen molar-refractivity contribution < 1.29 is 4.74 Å². The summed E-state index contributed by atoms with van der Waals surface area (Å²) >= 11 is 0. The maximum Gasteiger partial charge on any atom is 0.0468 e. The third kappa shape index (κ3) is 8.29. The molecule has 0 unspecified atom stereocenters. The summed E-state index contributed by atoms with van der Waals surface area (Å²) in [4.78, 5) is 0. The lowest BCUT2D eigenvalue weighted by Gasteiger charge is -2.11. The van der Waals surface area contributed by atoms with E-state index in [-0.39, 0.29) is 0 Å². The average molecular weight is 185 g/mol. The van der Waals surface area contributed by atoms with Gasteiger partial charge in [-0.3, -0.25) is 0 Å². The maximum absolute atomic E-state index is 5.54. The normalized spacial score (nSPS) is 11.1. The van der Waals surface area contributed by atoms with Crippen LogP contribution in [0.5, 0.6) is 0 Å². The van der Waals surface area contributed by atoms with Crippen molar-refractivity contribution in [1.29, 1.82) is 0 Å². The standard InChI is InChI=1S/C12H25O/c1-4-7-8-10-13-11-9-12(5-2)6-3/h12H,1,4-11H2,2-3H3. The van der Waals surface area contributed by atoms with Gasteiger partial charge in [0.05, 0.1) is 0 Å². The molecule has 1 heteroatoms. The van der Waals surface area contributed by atoms with Crippen LogP contribution in [0.25, 0.3) is 0 Å². The van der Waals surface area contributed by atoms with Crippen LogP contribution in [0, 0.1) is 12.8 Å². The third-order valence-electron chi connectivity index (χ3n) is 2.61. The lowest BCUT2D eigenvalue weighted by molar-refractivity contribution is 0.115. The summed E-state index contributed by atoms with van der Waals surface area (Å²) in [5, 5.41) is 0. The van der Waals surface area contributed by atoms with Crippen LogP contribution < -0.4 is 0 Å². The molecule has 0 bridgehead atoms. The van der Waals surface area contributed by atoms with Crippen molar-refractivity contribution in [2.75, 3.05) is 13.2 Å². The fourth-order valence-corrected chi connectivity index (χ4v) is 1.43. The molecule has 0 aliphatic heterocycles. The van der Waals surface area contributed by atoms with Crippen LogP contribution in [0.1, 0.15) is 52.4 Å². The molecule has 0 rings (SSSR count). The molecule has 0 amide bonds. The molecule has 0 spiro atoms. The third-order valence-corrected chi connectivity index (χ3v) is 2.61. The zero-order chi connectivity index (χ0) is 9.94. The van der Waals surface area contributed by atoms with E-state index in [4.69, 9.17) is 4.74 Å². The van der Waals surface area contributed by atoms with Gasteiger partial charge in [-0.1, -0.05) is 46.5 Å². The summed E-state index contributed by atoms with van der Waals surface area (Å²) < 4.78 is 5.54. The summed E-state index contributed by atoms with van der Waals surface area (Å²) in [6.07, 6.45) is 7.22. The Kier molecular flexibility index (Phi) is 10.0. The number of hydrogen-bond donors (Lipinski definition) is 0. The van der Waals surface area contributed by atoms with E-state index in [0.717, 1.165) is 25.6 Å². The molecule has 79 valence electrons. The number of rotatable bonds is 9. The first-order valence-electron chi connectivity index (χ1n) is 5.72. The smallest absolute Gasteiger partial charge is 0.0468 e. The molecule has 0 fully saturated rings. The molecule has 0 aliphatic rings. The SMILES string of the molecule is [CH2]CCCCOCCC(CC)CC. The van der Waals surface area contributed by atoms with Crippen molar-refractivity contribution in [2.24, 2.45) is 5.92 Å².